The molecular weight excluding hydrogens is 287 g/mol. The van der Waals surface area contributed by atoms with Crippen molar-refractivity contribution in [3.05, 3.63) is 53.2 Å². The molecule has 5 nitrogen and oxygen atoms in total. The maximum absolute atomic E-state index is 13.5. The van der Waals surface area contributed by atoms with Gasteiger partial charge in [-0.15, -0.1) is 0 Å². The van der Waals surface area contributed by atoms with Crippen LogP contribution >= 0.6 is 0 Å². The van der Waals surface area contributed by atoms with Crippen molar-refractivity contribution in [2.75, 3.05) is 6.61 Å². The summed E-state index contributed by atoms with van der Waals surface area (Å²) in [5, 5.41) is 3.32. The number of carbonyl (C=O) groups is 1. The molecule has 0 saturated heterocycles. The zero-order valence-corrected chi connectivity index (χ0v) is 12.0. The zero-order valence-electron chi connectivity index (χ0n) is 12.0. The van der Waals surface area contributed by atoms with Crippen molar-refractivity contribution in [3.8, 4) is 5.75 Å². The summed E-state index contributed by atoms with van der Waals surface area (Å²) in [5.41, 5.74) is 5.96. The van der Waals surface area contributed by atoms with Crippen molar-refractivity contribution in [1.82, 2.24) is 5.32 Å². The Balaban J connectivity index is 1.74. The number of amides is 1. The summed E-state index contributed by atoms with van der Waals surface area (Å²) in [6, 6.07) is 7.76. The van der Waals surface area contributed by atoms with Gasteiger partial charge in [-0.05, 0) is 43.2 Å². The van der Waals surface area contributed by atoms with E-state index in [0.717, 1.165) is 18.4 Å². The van der Waals surface area contributed by atoms with Crippen molar-refractivity contribution in [2.45, 2.75) is 25.4 Å². The molecule has 1 aromatic heterocycles. The third-order valence-corrected chi connectivity index (χ3v) is 3.67. The number of fused-ring (bicyclic) bond motifs is 1. The van der Waals surface area contributed by atoms with Gasteiger partial charge in [0.05, 0.1) is 13.2 Å². The van der Waals surface area contributed by atoms with Crippen molar-refractivity contribution in [2.24, 2.45) is 5.73 Å². The van der Waals surface area contributed by atoms with Gasteiger partial charge in [-0.3, -0.25) is 4.79 Å². The van der Waals surface area contributed by atoms with Crippen molar-refractivity contribution < 1.29 is 18.3 Å². The van der Waals surface area contributed by atoms with Crippen LogP contribution in [0.1, 0.15) is 40.8 Å². The molecule has 1 aliphatic heterocycles. The van der Waals surface area contributed by atoms with Crippen LogP contribution in [0.25, 0.3) is 0 Å². The second-order valence-electron chi connectivity index (χ2n) is 5.24. The fraction of sp³-hybridized carbons (Fsp3) is 0.312. The van der Waals surface area contributed by atoms with E-state index in [-0.39, 0.29) is 17.6 Å². The van der Waals surface area contributed by atoms with Crippen LogP contribution in [-0.4, -0.2) is 12.5 Å². The van der Waals surface area contributed by atoms with Crippen LogP contribution in [0.4, 0.5) is 4.39 Å². The fourth-order valence-corrected chi connectivity index (χ4v) is 2.59. The van der Waals surface area contributed by atoms with Crippen LogP contribution in [0.3, 0.4) is 0 Å². The summed E-state index contributed by atoms with van der Waals surface area (Å²) >= 11 is 0. The van der Waals surface area contributed by atoms with Gasteiger partial charge in [0, 0.05) is 11.6 Å². The summed E-state index contributed by atoms with van der Waals surface area (Å²) in [7, 11) is 0. The molecule has 3 rings (SSSR count). The van der Waals surface area contributed by atoms with E-state index in [1.807, 2.05) is 0 Å². The van der Waals surface area contributed by atoms with Gasteiger partial charge < -0.3 is 20.2 Å². The summed E-state index contributed by atoms with van der Waals surface area (Å²) < 4.78 is 24.5. The van der Waals surface area contributed by atoms with Gasteiger partial charge in [-0.25, -0.2) is 4.39 Å². The number of ether oxygens (including phenoxy) is 1. The number of furan rings is 1. The summed E-state index contributed by atoms with van der Waals surface area (Å²) in [4.78, 5) is 11.0. The molecule has 2 aromatic rings. The van der Waals surface area contributed by atoms with Crippen LogP contribution in [0.5, 0.6) is 5.75 Å². The number of hydrogen-bond donors (Lipinski definition) is 2. The Kier molecular flexibility index (Phi) is 4.11. The van der Waals surface area contributed by atoms with Crippen LogP contribution in [0.15, 0.2) is 34.7 Å². The second-order valence-corrected chi connectivity index (χ2v) is 5.24. The Morgan fingerprint density at radius 2 is 2.23 bits per heavy atom. The molecule has 1 amide bonds. The first kappa shape index (κ1) is 14.6. The molecule has 1 aliphatic rings. The second kappa shape index (κ2) is 6.19. The Morgan fingerprint density at radius 1 is 1.36 bits per heavy atom. The van der Waals surface area contributed by atoms with Gasteiger partial charge in [-0.2, -0.15) is 0 Å². The average Bonchev–Trinajstić information content (AvgIpc) is 2.88. The Bertz CT molecular complexity index is 684. The van der Waals surface area contributed by atoms with Crippen molar-refractivity contribution in [3.63, 3.8) is 0 Å². The highest BCUT2D eigenvalue weighted by Crippen LogP contribution is 2.32. The van der Waals surface area contributed by atoms with E-state index in [1.165, 1.54) is 12.1 Å². The molecule has 116 valence electrons. The minimum atomic E-state index is -0.596. The van der Waals surface area contributed by atoms with Gasteiger partial charge in [0.1, 0.15) is 17.3 Å². The first-order valence-electron chi connectivity index (χ1n) is 7.17. The van der Waals surface area contributed by atoms with Crippen LogP contribution < -0.4 is 15.8 Å². The molecule has 1 unspecified atom stereocenters. The molecule has 0 fully saturated rings. The highest BCUT2D eigenvalue weighted by atomic mass is 19.1. The highest BCUT2D eigenvalue weighted by molar-refractivity contribution is 5.89. The molecule has 0 spiro atoms. The third-order valence-electron chi connectivity index (χ3n) is 3.67. The standard InChI is InChI=1S/C16H17FN2O3/c17-10-3-5-14-12(8-10)13(2-1-7-21-14)19-9-11-4-6-15(22-11)16(18)20/h3-6,8,13,19H,1-2,7,9H2,(H2,18,20). The maximum Gasteiger partial charge on any atom is 0.284 e. The van der Waals surface area contributed by atoms with E-state index < -0.39 is 5.91 Å². The Morgan fingerprint density at radius 3 is 3.00 bits per heavy atom. The van der Waals surface area contributed by atoms with Gasteiger partial charge >= 0.3 is 0 Å². The topological polar surface area (TPSA) is 77.5 Å². The number of carbonyl (C=O) groups excluding carboxylic acids is 1. The number of nitrogens with two attached hydrogens (primary N) is 1. The third kappa shape index (κ3) is 3.12. The van der Waals surface area contributed by atoms with E-state index >= 15 is 0 Å². The van der Waals surface area contributed by atoms with Gasteiger partial charge in [-0.1, -0.05) is 0 Å². The van der Waals surface area contributed by atoms with Gasteiger partial charge in [0.25, 0.3) is 5.91 Å². The van der Waals surface area contributed by atoms with Crippen molar-refractivity contribution >= 4 is 5.91 Å². The molecule has 1 atom stereocenters. The van der Waals surface area contributed by atoms with E-state index in [2.05, 4.69) is 5.32 Å². The Labute approximate surface area is 127 Å². The van der Waals surface area contributed by atoms with E-state index in [1.54, 1.807) is 18.2 Å². The van der Waals surface area contributed by atoms with Crippen LogP contribution in [0.2, 0.25) is 0 Å². The quantitative estimate of drug-likeness (QED) is 0.910. The van der Waals surface area contributed by atoms with Gasteiger partial charge in [0.15, 0.2) is 5.76 Å². The lowest BCUT2D eigenvalue weighted by Gasteiger charge is -2.17. The number of hydrogen-bond acceptors (Lipinski definition) is 4. The number of primary amides is 1. The normalized spacial score (nSPS) is 17.4. The molecule has 3 N–H and O–H groups in total. The lowest BCUT2D eigenvalue weighted by Crippen LogP contribution is -2.20. The first-order valence-corrected chi connectivity index (χ1v) is 7.17. The molecule has 2 heterocycles. The largest absolute Gasteiger partial charge is 0.493 e. The van der Waals surface area contributed by atoms with E-state index in [9.17, 15) is 9.18 Å². The minimum absolute atomic E-state index is 0.0321. The molecule has 0 saturated carbocycles. The molecule has 0 bridgehead atoms. The first-order chi connectivity index (χ1) is 10.6. The number of nitrogens with one attached hydrogen (secondary N) is 1. The highest BCUT2D eigenvalue weighted by Gasteiger charge is 2.20. The lowest BCUT2D eigenvalue weighted by molar-refractivity contribution is 0.0972. The molecule has 6 heteroatoms. The number of benzene rings is 1. The fourth-order valence-electron chi connectivity index (χ4n) is 2.59. The SMILES string of the molecule is NC(=O)c1ccc(CNC2CCCOc3ccc(F)cc32)o1. The summed E-state index contributed by atoms with van der Waals surface area (Å²) in [6.45, 7) is 1.04. The Hall–Kier alpha value is -2.34. The molecule has 0 aliphatic carbocycles. The van der Waals surface area contributed by atoms with Crippen molar-refractivity contribution in [1.29, 1.82) is 0 Å². The van der Waals surface area contributed by atoms with Crippen LogP contribution in [-0.2, 0) is 6.54 Å². The number of halogens is 1. The molecule has 22 heavy (non-hydrogen) atoms. The lowest BCUT2D eigenvalue weighted by atomic mass is 10.0. The average molecular weight is 304 g/mol. The molecule has 0 radical (unpaired) electrons. The van der Waals surface area contributed by atoms with Crippen LogP contribution in [0, 0.1) is 5.82 Å². The molecule has 1 aromatic carbocycles. The number of rotatable bonds is 4. The monoisotopic (exact) mass is 304 g/mol. The zero-order chi connectivity index (χ0) is 15.5. The van der Waals surface area contributed by atoms with E-state index in [0.29, 0.717) is 24.7 Å². The maximum atomic E-state index is 13.5. The minimum Gasteiger partial charge on any atom is -0.493 e. The summed E-state index contributed by atoms with van der Waals surface area (Å²) in [5.74, 6) is 0.560. The van der Waals surface area contributed by atoms with E-state index in [4.69, 9.17) is 14.9 Å². The summed E-state index contributed by atoms with van der Waals surface area (Å²) in [6.07, 6.45) is 1.71. The predicted octanol–water partition coefficient (Wildman–Crippen LogP) is 2.52. The van der Waals surface area contributed by atoms with Gasteiger partial charge in [0.2, 0.25) is 0 Å². The predicted molar refractivity (Wildman–Crippen MR) is 77.9 cm³/mol. The molecular formula is C16H17FN2O3. The smallest absolute Gasteiger partial charge is 0.284 e.